The predicted octanol–water partition coefficient (Wildman–Crippen LogP) is 5.43. The van der Waals surface area contributed by atoms with Crippen molar-refractivity contribution < 1.29 is 9.18 Å². The summed E-state index contributed by atoms with van der Waals surface area (Å²) in [5.74, 6) is -0.624. The van der Waals surface area contributed by atoms with Crippen LogP contribution in [0.15, 0.2) is 45.3 Å². The van der Waals surface area contributed by atoms with Gasteiger partial charge in [-0.05, 0) is 35.9 Å². The standard InChI is InChI=1S/C14H8Br2ClFO/c15-9-2-4-12(16)11(6-9)14(19)5-8-1-3-10(17)7-13(8)18/h1-4,6-7H,5H2. The minimum absolute atomic E-state index is 0.00193. The largest absolute Gasteiger partial charge is 0.294 e. The molecule has 0 heterocycles. The van der Waals surface area contributed by atoms with Crippen LogP contribution in [0.5, 0.6) is 0 Å². The van der Waals surface area contributed by atoms with Gasteiger partial charge in [-0.25, -0.2) is 4.39 Å². The quantitative estimate of drug-likeness (QED) is 0.621. The average molecular weight is 406 g/mol. The summed E-state index contributed by atoms with van der Waals surface area (Å²) in [5.41, 5.74) is 0.852. The molecule has 0 aromatic heterocycles. The van der Waals surface area contributed by atoms with Crippen molar-refractivity contribution in [3.05, 3.63) is 67.3 Å². The molecule has 0 aliphatic carbocycles. The van der Waals surface area contributed by atoms with Gasteiger partial charge in [0.05, 0.1) is 0 Å². The van der Waals surface area contributed by atoms with Gasteiger partial charge in [-0.3, -0.25) is 4.79 Å². The summed E-state index contributed by atoms with van der Waals surface area (Å²) in [6.45, 7) is 0. The van der Waals surface area contributed by atoms with Gasteiger partial charge in [0.25, 0.3) is 0 Å². The summed E-state index contributed by atoms with van der Waals surface area (Å²) in [6, 6.07) is 9.62. The van der Waals surface area contributed by atoms with Crippen molar-refractivity contribution in [2.24, 2.45) is 0 Å². The fourth-order valence-electron chi connectivity index (χ4n) is 1.64. The van der Waals surface area contributed by atoms with Gasteiger partial charge in [0.15, 0.2) is 5.78 Å². The first-order valence-electron chi connectivity index (χ1n) is 5.39. The van der Waals surface area contributed by atoms with Crippen LogP contribution in [0.2, 0.25) is 5.02 Å². The third kappa shape index (κ3) is 3.65. The van der Waals surface area contributed by atoms with Crippen LogP contribution in [0, 0.1) is 5.82 Å². The van der Waals surface area contributed by atoms with Crippen molar-refractivity contribution in [2.45, 2.75) is 6.42 Å². The van der Waals surface area contributed by atoms with Crippen molar-refractivity contribution in [3.8, 4) is 0 Å². The number of ketones is 1. The van der Waals surface area contributed by atoms with E-state index >= 15 is 0 Å². The van der Waals surface area contributed by atoms with E-state index in [1.807, 2.05) is 6.07 Å². The van der Waals surface area contributed by atoms with Crippen LogP contribution in [0.1, 0.15) is 15.9 Å². The first-order chi connectivity index (χ1) is 8.97. The molecule has 0 aliphatic rings. The topological polar surface area (TPSA) is 17.1 Å². The highest BCUT2D eigenvalue weighted by molar-refractivity contribution is 9.11. The minimum Gasteiger partial charge on any atom is -0.294 e. The number of benzene rings is 2. The van der Waals surface area contributed by atoms with E-state index in [1.54, 1.807) is 18.2 Å². The van der Waals surface area contributed by atoms with Gasteiger partial charge in [0, 0.05) is 26.0 Å². The van der Waals surface area contributed by atoms with Gasteiger partial charge in [-0.15, -0.1) is 0 Å². The highest BCUT2D eigenvalue weighted by atomic mass is 79.9. The second-order valence-corrected chi connectivity index (χ2v) is 6.17. The van der Waals surface area contributed by atoms with E-state index in [-0.39, 0.29) is 12.2 Å². The molecule has 2 aromatic rings. The van der Waals surface area contributed by atoms with Gasteiger partial charge in [-0.1, -0.05) is 49.5 Å². The van der Waals surface area contributed by atoms with Crippen LogP contribution in [0.3, 0.4) is 0 Å². The number of carbonyl (C=O) groups excluding carboxylic acids is 1. The fraction of sp³-hybridized carbons (Fsp3) is 0.0714. The van der Waals surface area contributed by atoms with Crippen LogP contribution in [-0.4, -0.2) is 5.78 Å². The molecule has 0 bridgehead atoms. The van der Waals surface area contributed by atoms with Crippen LogP contribution >= 0.6 is 43.5 Å². The monoisotopic (exact) mass is 404 g/mol. The molecule has 0 saturated carbocycles. The molecule has 1 nitrogen and oxygen atoms in total. The first-order valence-corrected chi connectivity index (χ1v) is 7.36. The lowest BCUT2D eigenvalue weighted by molar-refractivity contribution is 0.0991. The zero-order valence-corrected chi connectivity index (χ0v) is 13.5. The Hall–Kier alpha value is -0.710. The van der Waals surface area contributed by atoms with Crippen molar-refractivity contribution in [1.29, 1.82) is 0 Å². The maximum atomic E-state index is 13.6. The molecule has 2 aromatic carbocycles. The van der Waals surface area contributed by atoms with Crippen molar-refractivity contribution in [3.63, 3.8) is 0 Å². The van der Waals surface area contributed by atoms with E-state index in [0.29, 0.717) is 20.6 Å². The van der Waals surface area contributed by atoms with Gasteiger partial charge >= 0.3 is 0 Å². The Kier molecular flexibility index (Phi) is 4.76. The molecular weight excluding hydrogens is 398 g/mol. The Morgan fingerprint density at radius 2 is 1.89 bits per heavy atom. The summed E-state index contributed by atoms with van der Waals surface area (Å²) in [7, 11) is 0. The summed E-state index contributed by atoms with van der Waals surface area (Å²) < 4.78 is 15.1. The number of rotatable bonds is 3. The van der Waals surface area contributed by atoms with Crippen LogP contribution < -0.4 is 0 Å². The Morgan fingerprint density at radius 1 is 1.16 bits per heavy atom. The Bertz CT molecular complexity index is 643. The lowest BCUT2D eigenvalue weighted by Gasteiger charge is -2.06. The third-order valence-corrected chi connectivity index (χ3v) is 4.01. The molecule has 0 radical (unpaired) electrons. The van der Waals surface area contributed by atoms with Gasteiger partial charge < -0.3 is 0 Å². The van der Waals surface area contributed by atoms with Crippen LogP contribution in [0.25, 0.3) is 0 Å². The molecule has 0 amide bonds. The lowest BCUT2D eigenvalue weighted by atomic mass is 10.0. The van der Waals surface area contributed by atoms with E-state index in [0.717, 1.165) is 4.47 Å². The van der Waals surface area contributed by atoms with Gasteiger partial charge in [-0.2, -0.15) is 0 Å². The molecule has 0 aliphatic heterocycles. The molecule has 0 atom stereocenters. The van der Waals surface area contributed by atoms with Crippen LogP contribution in [-0.2, 0) is 6.42 Å². The molecule has 0 saturated heterocycles. The number of hydrogen-bond acceptors (Lipinski definition) is 1. The summed E-state index contributed by atoms with van der Waals surface area (Å²) in [5, 5.41) is 0.317. The average Bonchev–Trinajstić information content (AvgIpc) is 2.35. The summed E-state index contributed by atoms with van der Waals surface area (Å²) in [4.78, 5) is 12.2. The number of carbonyl (C=O) groups is 1. The summed E-state index contributed by atoms with van der Waals surface area (Å²) >= 11 is 12.3. The fourth-order valence-corrected chi connectivity index (χ4v) is 2.63. The number of Topliss-reactive ketones (excluding diaryl/α,β-unsaturated/α-hetero) is 1. The highest BCUT2D eigenvalue weighted by Gasteiger charge is 2.14. The second-order valence-electron chi connectivity index (χ2n) is 3.96. The van der Waals surface area contributed by atoms with Gasteiger partial charge in [0.1, 0.15) is 5.82 Å². The summed E-state index contributed by atoms with van der Waals surface area (Å²) in [6.07, 6.45) is -0.00193. The Balaban J connectivity index is 2.28. The van der Waals surface area contributed by atoms with E-state index in [9.17, 15) is 9.18 Å². The number of hydrogen-bond donors (Lipinski definition) is 0. The van der Waals surface area contributed by atoms with E-state index in [4.69, 9.17) is 11.6 Å². The molecule has 2 rings (SSSR count). The molecule has 0 N–H and O–H groups in total. The normalized spacial score (nSPS) is 10.5. The number of halogens is 4. The van der Waals surface area contributed by atoms with Crippen molar-refractivity contribution in [2.75, 3.05) is 0 Å². The second kappa shape index (κ2) is 6.16. The Labute approximate surface area is 132 Å². The molecule has 5 heteroatoms. The molecule has 98 valence electrons. The minimum atomic E-state index is -0.466. The predicted molar refractivity (Wildman–Crippen MR) is 81.3 cm³/mol. The van der Waals surface area contributed by atoms with Crippen molar-refractivity contribution in [1.82, 2.24) is 0 Å². The zero-order chi connectivity index (χ0) is 14.0. The maximum Gasteiger partial charge on any atom is 0.168 e. The smallest absolute Gasteiger partial charge is 0.168 e. The first kappa shape index (κ1) is 14.7. The molecule has 0 spiro atoms. The maximum absolute atomic E-state index is 13.6. The molecule has 0 fully saturated rings. The zero-order valence-electron chi connectivity index (χ0n) is 9.59. The third-order valence-electron chi connectivity index (χ3n) is 2.59. The molecular formula is C14H8Br2ClFO. The lowest BCUT2D eigenvalue weighted by Crippen LogP contribution is -2.06. The van der Waals surface area contributed by atoms with E-state index < -0.39 is 5.82 Å². The van der Waals surface area contributed by atoms with E-state index in [2.05, 4.69) is 31.9 Å². The SMILES string of the molecule is O=C(Cc1ccc(Cl)cc1F)c1cc(Br)ccc1Br. The van der Waals surface area contributed by atoms with Crippen molar-refractivity contribution >= 4 is 49.2 Å². The van der Waals surface area contributed by atoms with Crippen LogP contribution in [0.4, 0.5) is 4.39 Å². The highest BCUT2D eigenvalue weighted by Crippen LogP contribution is 2.24. The van der Waals surface area contributed by atoms with E-state index in [1.165, 1.54) is 12.1 Å². The van der Waals surface area contributed by atoms with Gasteiger partial charge in [0.2, 0.25) is 0 Å². The Morgan fingerprint density at radius 3 is 2.58 bits per heavy atom. The molecule has 19 heavy (non-hydrogen) atoms. The molecule has 0 unspecified atom stereocenters.